The van der Waals surface area contributed by atoms with Gasteiger partial charge in [-0.05, 0) is 37.3 Å². The van der Waals surface area contributed by atoms with Crippen LogP contribution in [0, 0.1) is 12.7 Å². The van der Waals surface area contributed by atoms with Crippen LogP contribution in [0.1, 0.15) is 21.7 Å². The van der Waals surface area contributed by atoms with E-state index in [4.69, 9.17) is 11.6 Å². The highest BCUT2D eigenvalue weighted by atomic mass is 35.5. The molecule has 0 aliphatic carbocycles. The molecule has 3 aromatic rings. The molecule has 0 fully saturated rings. The molecule has 0 spiro atoms. The molecule has 0 radical (unpaired) electrons. The van der Waals surface area contributed by atoms with Crippen molar-refractivity contribution in [2.24, 2.45) is 0 Å². The fraction of sp³-hybridized carbons (Fsp3) is 0.118. The first kappa shape index (κ1) is 21.7. The van der Waals surface area contributed by atoms with Gasteiger partial charge in [0.05, 0.1) is 16.2 Å². The van der Waals surface area contributed by atoms with Gasteiger partial charge in [-0.25, -0.2) is 22.2 Å². The van der Waals surface area contributed by atoms with Crippen molar-refractivity contribution in [3.63, 3.8) is 0 Å². The number of alkyl halides is 3. The number of rotatable bonds is 4. The Kier molecular flexibility index (Phi) is 5.56. The Balaban J connectivity index is 1.95. The van der Waals surface area contributed by atoms with Crippen molar-refractivity contribution in [3.8, 4) is 5.69 Å². The van der Waals surface area contributed by atoms with E-state index in [0.29, 0.717) is 12.1 Å². The average Bonchev–Trinajstić information content (AvgIpc) is 3.02. The predicted octanol–water partition coefficient (Wildman–Crippen LogP) is 3.51. The summed E-state index contributed by atoms with van der Waals surface area (Å²) >= 11 is 5.68. The molecule has 0 aliphatic heterocycles. The maximum atomic E-state index is 14.1. The Morgan fingerprint density at radius 1 is 1.17 bits per heavy atom. The number of aromatic nitrogens is 3. The molecule has 30 heavy (non-hydrogen) atoms. The van der Waals surface area contributed by atoms with Crippen LogP contribution in [0.2, 0.25) is 5.02 Å². The molecule has 1 heterocycles. The Morgan fingerprint density at radius 3 is 2.47 bits per heavy atom. The van der Waals surface area contributed by atoms with Gasteiger partial charge in [0.2, 0.25) is 0 Å². The molecular formula is C17H11ClF4N4O3S. The van der Waals surface area contributed by atoms with Crippen LogP contribution < -0.4 is 4.72 Å². The van der Waals surface area contributed by atoms with Gasteiger partial charge in [-0.15, -0.1) is 5.10 Å². The molecule has 3 rings (SSSR count). The van der Waals surface area contributed by atoms with Crippen molar-refractivity contribution in [1.29, 1.82) is 0 Å². The molecular weight excluding hydrogens is 452 g/mol. The van der Waals surface area contributed by atoms with E-state index in [2.05, 4.69) is 10.3 Å². The molecule has 0 aliphatic rings. The lowest BCUT2D eigenvalue weighted by molar-refractivity contribution is -0.139. The molecule has 0 atom stereocenters. The number of nitrogens with one attached hydrogen (secondary N) is 1. The number of amides is 1. The first-order chi connectivity index (χ1) is 13.9. The summed E-state index contributed by atoms with van der Waals surface area (Å²) < 4.78 is 80.7. The maximum absolute atomic E-state index is 14.1. The van der Waals surface area contributed by atoms with Crippen molar-refractivity contribution in [2.75, 3.05) is 0 Å². The first-order valence-electron chi connectivity index (χ1n) is 8.03. The highest BCUT2D eigenvalue weighted by molar-refractivity contribution is 7.90. The van der Waals surface area contributed by atoms with Gasteiger partial charge < -0.3 is 0 Å². The Morgan fingerprint density at radius 2 is 1.83 bits per heavy atom. The second kappa shape index (κ2) is 7.69. The van der Waals surface area contributed by atoms with E-state index in [9.17, 15) is 30.8 Å². The van der Waals surface area contributed by atoms with E-state index in [1.165, 1.54) is 23.8 Å². The quantitative estimate of drug-likeness (QED) is 0.599. The van der Waals surface area contributed by atoms with Crippen molar-refractivity contribution in [1.82, 2.24) is 19.7 Å². The first-order valence-corrected chi connectivity index (χ1v) is 9.89. The summed E-state index contributed by atoms with van der Waals surface area (Å²) in [5.74, 6) is -2.11. The molecule has 1 N–H and O–H groups in total. The summed E-state index contributed by atoms with van der Waals surface area (Å²) in [5, 5.41) is 7.24. The van der Waals surface area contributed by atoms with Gasteiger partial charge >= 0.3 is 6.18 Å². The molecule has 0 saturated carbocycles. The Hall–Kier alpha value is -2.99. The predicted molar refractivity (Wildman–Crippen MR) is 97.2 cm³/mol. The van der Waals surface area contributed by atoms with E-state index >= 15 is 0 Å². The summed E-state index contributed by atoms with van der Waals surface area (Å²) in [6.45, 7) is 1.30. The molecule has 0 unspecified atom stereocenters. The van der Waals surface area contributed by atoms with E-state index in [1.807, 2.05) is 0 Å². The fourth-order valence-corrected chi connectivity index (χ4v) is 3.92. The van der Waals surface area contributed by atoms with Crippen molar-refractivity contribution < 1.29 is 30.8 Å². The largest absolute Gasteiger partial charge is 0.417 e. The van der Waals surface area contributed by atoms with Crippen molar-refractivity contribution >= 4 is 27.5 Å². The van der Waals surface area contributed by atoms with E-state index in [-0.39, 0.29) is 16.4 Å². The van der Waals surface area contributed by atoms with Crippen molar-refractivity contribution in [3.05, 3.63) is 70.3 Å². The standard InChI is InChI=1S/C17H11ClF4N4O3S/c1-9-15(23-25-26(9)13-7-6-10(18)8-12(13)19)16(27)24-30(28,29)14-5-3-2-4-11(14)17(20,21)22/h2-8H,1H3,(H,24,27). The third-order valence-corrected chi connectivity index (χ3v) is 5.58. The number of sulfonamides is 1. The zero-order chi connectivity index (χ0) is 22.3. The summed E-state index contributed by atoms with van der Waals surface area (Å²) in [4.78, 5) is 11.3. The molecule has 0 saturated heterocycles. The van der Waals surface area contributed by atoms with Crippen LogP contribution in [0.15, 0.2) is 47.4 Å². The topological polar surface area (TPSA) is 93.9 Å². The third kappa shape index (κ3) is 4.14. The van der Waals surface area contributed by atoms with Crippen LogP contribution in [-0.4, -0.2) is 29.3 Å². The lowest BCUT2D eigenvalue weighted by atomic mass is 10.2. The Labute approximate surface area is 172 Å². The minimum absolute atomic E-state index is 0.0481. The minimum Gasteiger partial charge on any atom is -0.266 e. The minimum atomic E-state index is -4.96. The van der Waals surface area contributed by atoms with E-state index in [1.54, 1.807) is 0 Å². The van der Waals surface area contributed by atoms with Gasteiger partial charge in [0.15, 0.2) is 5.69 Å². The number of halogens is 5. The zero-order valence-electron chi connectivity index (χ0n) is 14.9. The average molecular weight is 463 g/mol. The summed E-state index contributed by atoms with van der Waals surface area (Å²) in [7, 11) is -4.90. The fourth-order valence-electron chi connectivity index (χ4n) is 2.58. The lowest BCUT2D eigenvalue weighted by Crippen LogP contribution is -2.32. The zero-order valence-corrected chi connectivity index (χ0v) is 16.5. The van der Waals surface area contributed by atoms with Gasteiger partial charge in [0.1, 0.15) is 11.5 Å². The van der Waals surface area contributed by atoms with Crippen LogP contribution in [0.4, 0.5) is 17.6 Å². The number of carbonyl (C=O) groups excluding carboxylic acids is 1. The number of hydrogen-bond acceptors (Lipinski definition) is 5. The maximum Gasteiger partial charge on any atom is 0.417 e. The third-order valence-electron chi connectivity index (χ3n) is 3.96. The van der Waals surface area contributed by atoms with Crippen LogP contribution in [-0.2, 0) is 16.2 Å². The van der Waals surface area contributed by atoms with E-state index in [0.717, 1.165) is 22.9 Å². The molecule has 0 bridgehead atoms. The lowest BCUT2D eigenvalue weighted by Gasteiger charge is -2.13. The molecule has 158 valence electrons. The van der Waals surface area contributed by atoms with Crippen LogP contribution in [0.25, 0.3) is 5.69 Å². The summed E-state index contributed by atoms with van der Waals surface area (Å²) in [6, 6.07) is 7.00. The van der Waals surface area contributed by atoms with Gasteiger partial charge in [0, 0.05) is 5.02 Å². The normalized spacial score (nSPS) is 12.1. The monoisotopic (exact) mass is 462 g/mol. The van der Waals surface area contributed by atoms with Gasteiger partial charge in [-0.3, -0.25) is 4.79 Å². The molecule has 1 amide bonds. The Bertz CT molecular complexity index is 1240. The highest BCUT2D eigenvalue weighted by Gasteiger charge is 2.37. The second-order valence-electron chi connectivity index (χ2n) is 5.96. The number of carbonyl (C=O) groups is 1. The van der Waals surface area contributed by atoms with Gasteiger partial charge in [0.25, 0.3) is 15.9 Å². The smallest absolute Gasteiger partial charge is 0.266 e. The number of hydrogen-bond donors (Lipinski definition) is 1. The second-order valence-corrected chi connectivity index (χ2v) is 8.05. The van der Waals surface area contributed by atoms with Crippen LogP contribution >= 0.6 is 11.6 Å². The molecule has 7 nitrogen and oxygen atoms in total. The van der Waals surface area contributed by atoms with Gasteiger partial charge in [-0.2, -0.15) is 13.2 Å². The molecule has 13 heteroatoms. The summed E-state index contributed by atoms with van der Waals surface area (Å²) in [5.41, 5.74) is -2.12. The number of nitrogens with zero attached hydrogens (tertiary/aromatic N) is 3. The summed E-state index contributed by atoms with van der Waals surface area (Å²) in [6.07, 6.45) is -4.96. The molecule has 2 aromatic carbocycles. The highest BCUT2D eigenvalue weighted by Crippen LogP contribution is 2.34. The van der Waals surface area contributed by atoms with Crippen molar-refractivity contribution in [2.45, 2.75) is 18.0 Å². The van der Waals surface area contributed by atoms with Crippen LogP contribution in [0.5, 0.6) is 0 Å². The van der Waals surface area contributed by atoms with E-state index < -0.39 is 44.1 Å². The van der Waals surface area contributed by atoms with Crippen LogP contribution in [0.3, 0.4) is 0 Å². The SMILES string of the molecule is Cc1c(C(=O)NS(=O)(=O)c2ccccc2C(F)(F)F)nnn1-c1ccc(Cl)cc1F. The molecule has 1 aromatic heterocycles. The van der Waals surface area contributed by atoms with Gasteiger partial charge in [-0.1, -0.05) is 28.9 Å². The number of benzene rings is 2.